The maximum Gasteiger partial charge on any atom is 0.410 e. The molecule has 1 atom stereocenters. The van der Waals surface area contributed by atoms with Gasteiger partial charge in [0.1, 0.15) is 5.60 Å². The third-order valence-electron chi connectivity index (χ3n) is 3.35. The highest BCUT2D eigenvalue weighted by Gasteiger charge is 2.27. The number of ether oxygens (including phenoxy) is 1. The van der Waals surface area contributed by atoms with Crippen LogP contribution in [0.4, 0.5) is 4.79 Å². The minimum atomic E-state index is -0.447. The molecule has 116 valence electrons. The van der Waals surface area contributed by atoms with E-state index in [1.165, 1.54) is 10.5 Å². The first-order valence-corrected chi connectivity index (χ1v) is 8.47. The average Bonchev–Trinajstić information content (AvgIpc) is 2.46. The first-order valence-electron chi connectivity index (χ1n) is 7.24. The van der Waals surface area contributed by atoms with Crippen molar-refractivity contribution in [2.24, 2.45) is 0 Å². The van der Waals surface area contributed by atoms with E-state index in [0.29, 0.717) is 13.1 Å². The summed E-state index contributed by atoms with van der Waals surface area (Å²) in [6.07, 6.45) is 1.84. The van der Waals surface area contributed by atoms with E-state index in [1.807, 2.05) is 20.8 Å². The molecule has 1 heterocycles. The topological polar surface area (TPSA) is 41.6 Å². The van der Waals surface area contributed by atoms with Gasteiger partial charge in [-0.1, -0.05) is 12.1 Å². The van der Waals surface area contributed by atoms with Crippen molar-refractivity contribution in [2.45, 2.75) is 37.3 Å². The number of benzene rings is 1. The van der Waals surface area contributed by atoms with Crippen LogP contribution in [0.2, 0.25) is 0 Å². The van der Waals surface area contributed by atoms with E-state index in [0.717, 1.165) is 6.54 Å². The fraction of sp³-hybridized carbons (Fsp3) is 0.562. The van der Waals surface area contributed by atoms with Crippen LogP contribution in [-0.4, -0.2) is 42.5 Å². The molecule has 0 spiro atoms. The van der Waals surface area contributed by atoms with Gasteiger partial charge in [-0.15, -0.1) is 11.8 Å². The number of hydrogen-bond acceptors (Lipinski definition) is 4. The summed E-state index contributed by atoms with van der Waals surface area (Å²) in [6, 6.07) is 8.66. The van der Waals surface area contributed by atoms with Gasteiger partial charge < -0.3 is 15.0 Å². The Morgan fingerprint density at radius 3 is 2.57 bits per heavy atom. The lowest BCUT2D eigenvalue weighted by Gasteiger charge is -2.35. The molecule has 1 N–H and O–H groups in total. The van der Waals surface area contributed by atoms with Gasteiger partial charge in [-0.2, -0.15) is 0 Å². The van der Waals surface area contributed by atoms with Crippen molar-refractivity contribution >= 4 is 17.9 Å². The van der Waals surface area contributed by atoms with E-state index < -0.39 is 5.60 Å². The van der Waals surface area contributed by atoms with E-state index in [9.17, 15) is 4.79 Å². The summed E-state index contributed by atoms with van der Waals surface area (Å²) in [5.41, 5.74) is 0.762. The first kappa shape index (κ1) is 16.2. The lowest BCUT2D eigenvalue weighted by atomic mass is 10.0. The Morgan fingerprint density at radius 1 is 1.33 bits per heavy atom. The summed E-state index contributed by atoms with van der Waals surface area (Å²) in [6.45, 7) is 7.80. The molecular formula is C16H24N2O2S. The van der Waals surface area contributed by atoms with Crippen molar-refractivity contribution in [3.63, 3.8) is 0 Å². The zero-order valence-corrected chi connectivity index (χ0v) is 14.0. The van der Waals surface area contributed by atoms with E-state index in [1.54, 1.807) is 16.7 Å². The van der Waals surface area contributed by atoms with Crippen molar-refractivity contribution in [3.05, 3.63) is 29.8 Å². The standard InChI is InChI=1S/C16H24N2O2S/c1-16(2,3)20-15(19)18-10-9-17-14(11-18)12-5-7-13(21-4)8-6-12/h5-8,14,17H,9-11H2,1-4H3. The minimum absolute atomic E-state index is 0.169. The molecule has 0 bridgehead atoms. The second kappa shape index (κ2) is 6.71. The largest absolute Gasteiger partial charge is 0.444 e. The lowest BCUT2D eigenvalue weighted by molar-refractivity contribution is 0.0195. The Kier molecular flexibility index (Phi) is 5.17. The predicted octanol–water partition coefficient (Wildman–Crippen LogP) is 3.29. The van der Waals surface area contributed by atoms with Crippen molar-refractivity contribution in [3.8, 4) is 0 Å². The molecular weight excluding hydrogens is 284 g/mol. The van der Waals surface area contributed by atoms with Gasteiger partial charge in [0.15, 0.2) is 0 Å². The van der Waals surface area contributed by atoms with Crippen LogP contribution in [0.3, 0.4) is 0 Å². The summed E-state index contributed by atoms with van der Waals surface area (Å²) >= 11 is 1.73. The molecule has 1 fully saturated rings. The Morgan fingerprint density at radius 2 is 2.00 bits per heavy atom. The zero-order chi connectivity index (χ0) is 15.5. The van der Waals surface area contributed by atoms with Crippen molar-refractivity contribution in [1.82, 2.24) is 10.2 Å². The number of hydrogen-bond donors (Lipinski definition) is 1. The Labute approximate surface area is 131 Å². The summed E-state index contributed by atoms with van der Waals surface area (Å²) in [4.78, 5) is 15.2. The van der Waals surface area contributed by atoms with Gasteiger partial charge in [0.05, 0.1) is 6.04 Å². The molecule has 1 amide bonds. The normalized spacial score (nSPS) is 19.4. The van der Waals surface area contributed by atoms with Gasteiger partial charge in [0, 0.05) is 24.5 Å². The first-order chi connectivity index (χ1) is 9.89. The van der Waals surface area contributed by atoms with Gasteiger partial charge in [-0.05, 0) is 44.7 Å². The molecule has 1 aromatic carbocycles. The number of carbonyl (C=O) groups excluding carboxylic acids is 1. The number of rotatable bonds is 2. The predicted molar refractivity (Wildman–Crippen MR) is 86.8 cm³/mol. The number of thioether (sulfide) groups is 1. The SMILES string of the molecule is CSc1ccc(C2CN(C(=O)OC(C)(C)C)CCN2)cc1. The molecule has 0 aliphatic carbocycles. The number of piperazine rings is 1. The third kappa shape index (κ3) is 4.64. The van der Waals surface area contributed by atoms with Crippen LogP contribution in [0.15, 0.2) is 29.2 Å². The van der Waals surface area contributed by atoms with E-state index in [2.05, 4.69) is 35.8 Å². The number of carbonyl (C=O) groups is 1. The van der Waals surface area contributed by atoms with Crippen LogP contribution in [0.1, 0.15) is 32.4 Å². The highest BCUT2D eigenvalue weighted by Crippen LogP contribution is 2.22. The molecule has 5 heteroatoms. The Hall–Kier alpha value is -1.20. The molecule has 1 unspecified atom stereocenters. The second-order valence-electron chi connectivity index (χ2n) is 6.21. The molecule has 4 nitrogen and oxygen atoms in total. The van der Waals surface area contributed by atoms with Gasteiger partial charge in [0.2, 0.25) is 0 Å². The lowest BCUT2D eigenvalue weighted by Crippen LogP contribution is -2.49. The summed E-state index contributed by atoms with van der Waals surface area (Å²) in [5, 5.41) is 3.46. The molecule has 2 rings (SSSR count). The number of nitrogens with zero attached hydrogens (tertiary/aromatic N) is 1. The molecule has 0 aromatic heterocycles. The third-order valence-corrected chi connectivity index (χ3v) is 4.09. The Balaban J connectivity index is 2.01. The van der Waals surface area contributed by atoms with Crippen molar-refractivity contribution in [1.29, 1.82) is 0 Å². The number of nitrogens with one attached hydrogen (secondary N) is 1. The number of amides is 1. The highest BCUT2D eigenvalue weighted by atomic mass is 32.2. The molecule has 1 aliphatic rings. The molecule has 1 saturated heterocycles. The van der Waals surface area contributed by atoms with Crippen LogP contribution < -0.4 is 5.32 Å². The maximum atomic E-state index is 12.2. The highest BCUT2D eigenvalue weighted by molar-refractivity contribution is 7.98. The molecule has 21 heavy (non-hydrogen) atoms. The van der Waals surface area contributed by atoms with Crippen LogP contribution in [-0.2, 0) is 4.74 Å². The van der Waals surface area contributed by atoms with E-state index >= 15 is 0 Å². The molecule has 1 aliphatic heterocycles. The molecule has 1 aromatic rings. The molecule has 0 radical (unpaired) electrons. The van der Waals surface area contributed by atoms with Gasteiger partial charge in [0.25, 0.3) is 0 Å². The average molecular weight is 308 g/mol. The van der Waals surface area contributed by atoms with Crippen LogP contribution >= 0.6 is 11.8 Å². The van der Waals surface area contributed by atoms with Gasteiger partial charge in [-0.25, -0.2) is 4.79 Å². The van der Waals surface area contributed by atoms with Crippen LogP contribution in [0, 0.1) is 0 Å². The quantitative estimate of drug-likeness (QED) is 0.851. The van der Waals surface area contributed by atoms with Crippen molar-refractivity contribution in [2.75, 3.05) is 25.9 Å². The zero-order valence-electron chi connectivity index (χ0n) is 13.2. The van der Waals surface area contributed by atoms with E-state index in [4.69, 9.17) is 4.74 Å². The summed E-state index contributed by atoms with van der Waals surface area (Å²) in [5.74, 6) is 0. The van der Waals surface area contributed by atoms with E-state index in [-0.39, 0.29) is 12.1 Å². The monoisotopic (exact) mass is 308 g/mol. The van der Waals surface area contributed by atoms with Gasteiger partial charge in [-0.3, -0.25) is 0 Å². The summed E-state index contributed by atoms with van der Waals surface area (Å²) < 4.78 is 5.45. The maximum absolute atomic E-state index is 12.2. The fourth-order valence-corrected chi connectivity index (χ4v) is 2.71. The van der Waals surface area contributed by atoms with Gasteiger partial charge >= 0.3 is 6.09 Å². The summed E-state index contributed by atoms with van der Waals surface area (Å²) in [7, 11) is 0. The van der Waals surface area contributed by atoms with Crippen molar-refractivity contribution < 1.29 is 9.53 Å². The van der Waals surface area contributed by atoms with Crippen LogP contribution in [0.5, 0.6) is 0 Å². The van der Waals surface area contributed by atoms with Crippen LogP contribution in [0.25, 0.3) is 0 Å². The fourth-order valence-electron chi connectivity index (χ4n) is 2.30. The Bertz CT molecular complexity index is 482. The smallest absolute Gasteiger partial charge is 0.410 e. The second-order valence-corrected chi connectivity index (χ2v) is 7.09. The minimum Gasteiger partial charge on any atom is -0.444 e. The molecule has 0 saturated carbocycles.